The van der Waals surface area contributed by atoms with Crippen LogP contribution in [0.3, 0.4) is 0 Å². The van der Waals surface area contributed by atoms with Crippen LogP contribution in [-0.2, 0) is 0 Å². The van der Waals surface area contributed by atoms with E-state index < -0.39 is 5.97 Å². The highest BCUT2D eigenvalue weighted by molar-refractivity contribution is 5.99. The van der Waals surface area contributed by atoms with Gasteiger partial charge in [-0.05, 0) is 24.6 Å². The Morgan fingerprint density at radius 1 is 1.29 bits per heavy atom. The molecule has 6 nitrogen and oxygen atoms in total. The fourth-order valence-electron chi connectivity index (χ4n) is 2.06. The molecule has 0 radical (unpaired) electrons. The number of carboxylic acid groups (broad SMARTS) is 1. The highest BCUT2D eigenvalue weighted by Gasteiger charge is 2.20. The molecule has 0 aliphatic rings. The molecule has 2 aromatic heterocycles. The van der Waals surface area contributed by atoms with Crippen molar-refractivity contribution in [1.82, 2.24) is 9.97 Å². The normalized spacial score (nSPS) is 10.2. The molecule has 0 aliphatic heterocycles. The number of ether oxygens (including phenoxy) is 1. The molecule has 1 N–H and O–H groups in total. The van der Waals surface area contributed by atoms with Crippen molar-refractivity contribution < 1.29 is 19.4 Å². The van der Waals surface area contributed by atoms with Gasteiger partial charge in [0.05, 0.1) is 18.4 Å². The lowest BCUT2D eigenvalue weighted by Crippen LogP contribution is -2.06. The first-order valence-corrected chi connectivity index (χ1v) is 6.20. The van der Waals surface area contributed by atoms with Gasteiger partial charge in [-0.25, -0.2) is 4.79 Å². The SMILES string of the molecule is COc1c(C)ncc(C(=O)O)c1-c1ccnc(C(C)=O)c1. The van der Waals surface area contributed by atoms with E-state index in [0.29, 0.717) is 22.6 Å². The van der Waals surface area contributed by atoms with Crippen molar-refractivity contribution >= 4 is 11.8 Å². The zero-order valence-corrected chi connectivity index (χ0v) is 11.9. The lowest BCUT2D eigenvalue weighted by atomic mass is 9.99. The van der Waals surface area contributed by atoms with Crippen LogP contribution in [-0.4, -0.2) is 33.9 Å². The summed E-state index contributed by atoms with van der Waals surface area (Å²) in [4.78, 5) is 30.9. The Morgan fingerprint density at radius 3 is 2.57 bits per heavy atom. The van der Waals surface area contributed by atoms with Gasteiger partial charge >= 0.3 is 5.97 Å². The maximum atomic E-state index is 11.4. The average molecular weight is 286 g/mol. The molecule has 6 heteroatoms. The van der Waals surface area contributed by atoms with Gasteiger partial charge in [0.25, 0.3) is 0 Å². The molecule has 0 saturated carbocycles. The number of carboxylic acids is 1. The molecular weight excluding hydrogens is 272 g/mol. The van der Waals surface area contributed by atoms with Crippen LogP contribution in [0.5, 0.6) is 5.75 Å². The minimum absolute atomic E-state index is 0.0122. The molecule has 0 fully saturated rings. The van der Waals surface area contributed by atoms with E-state index in [2.05, 4.69) is 9.97 Å². The second kappa shape index (κ2) is 5.70. The number of hydrogen-bond donors (Lipinski definition) is 1. The van der Waals surface area contributed by atoms with Crippen molar-refractivity contribution in [3.05, 3.63) is 41.5 Å². The summed E-state index contributed by atoms with van der Waals surface area (Å²) in [6, 6.07) is 3.18. The van der Waals surface area contributed by atoms with Crippen molar-refractivity contribution in [3.8, 4) is 16.9 Å². The summed E-state index contributed by atoms with van der Waals surface area (Å²) in [6.07, 6.45) is 2.75. The number of pyridine rings is 2. The van der Waals surface area contributed by atoms with Gasteiger partial charge in [0.2, 0.25) is 0 Å². The molecular formula is C15H14N2O4. The number of aromatic nitrogens is 2. The molecule has 2 aromatic rings. The Labute approximate surface area is 121 Å². The van der Waals surface area contributed by atoms with E-state index in [9.17, 15) is 14.7 Å². The third-order valence-corrected chi connectivity index (χ3v) is 3.06. The number of carbonyl (C=O) groups excluding carboxylic acids is 1. The summed E-state index contributed by atoms with van der Waals surface area (Å²) in [7, 11) is 1.45. The third-order valence-electron chi connectivity index (χ3n) is 3.06. The van der Waals surface area contributed by atoms with E-state index in [1.165, 1.54) is 26.4 Å². The molecule has 0 aromatic carbocycles. The summed E-state index contributed by atoms with van der Waals surface area (Å²) in [6.45, 7) is 3.13. The molecule has 0 spiro atoms. The summed E-state index contributed by atoms with van der Waals surface area (Å²) in [5.74, 6) is -0.939. The van der Waals surface area contributed by atoms with Crippen molar-refractivity contribution in [2.24, 2.45) is 0 Å². The van der Waals surface area contributed by atoms with Gasteiger partial charge in [-0.3, -0.25) is 14.8 Å². The van der Waals surface area contributed by atoms with Gasteiger partial charge in [-0.1, -0.05) is 0 Å². The van der Waals surface area contributed by atoms with Crippen molar-refractivity contribution in [3.63, 3.8) is 0 Å². The van der Waals surface area contributed by atoms with E-state index in [4.69, 9.17) is 4.74 Å². The molecule has 0 aliphatic carbocycles. The minimum atomic E-state index is -1.11. The lowest BCUT2D eigenvalue weighted by molar-refractivity contribution is 0.0696. The topological polar surface area (TPSA) is 89.4 Å². The largest absolute Gasteiger partial charge is 0.494 e. The maximum Gasteiger partial charge on any atom is 0.338 e. The molecule has 2 heterocycles. The summed E-state index contributed by atoms with van der Waals surface area (Å²) in [5.41, 5.74) is 1.79. The predicted molar refractivity (Wildman–Crippen MR) is 75.7 cm³/mol. The predicted octanol–water partition coefficient (Wildman–Crippen LogP) is 2.36. The zero-order valence-electron chi connectivity index (χ0n) is 11.9. The Kier molecular flexibility index (Phi) is 3.98. The average Bonchev–Trinajstić information content (AvgIpc) is 2.46. The van der Waals surface area contributed by atoms with Gasteiger partial charge in [-0.15, -0.1) is 0 Å². The number of rotatable bonds is 4. The van der Waals surface area contributed by atoms with E-state index >= 15 is 0 Å². The second-order valence-corrected chi connectivity index (χ2v) is 4.46. The lowest BCUT2D eigenvalue weighted by Gasteiger charge is -2.14. The summed E-state index contributed by atoms with van der Waals surface area (Å²) in [5, 5.41) is 9.34. The molecule has 0 amide bonds. The Bertz CT molecular complexity index is 726. The van der Waals surface area contributed by atoms with Crippen LogP contribution in [0.15, 0.2) is 24.5 Å². The highest BCUT2D eigenvalue weighted by atomic mass is 16.5. The molecule has 2 rings (SSSR count). The number of carbonyl (C=O) groups is 2. The van der Waals surface area contributed by atoms with E-state index in [1.807, 2.05) is 0 Å². The fourth-order valence-corrected chi connectivity index (χ4v) is 2.06. The van der Waals surface area contributed by atoms with Crippen LogP contribution in [0.2, 0.25) is 0 Å². The first kappa shape index (κ1) is 14.6. The molecule has 0 saturated heterocycles. The van der Waals surface area contributed by atoms with Gasteiger partial charge in [0.15, 0.2) is 5.78 Å². The number of aromatic carboxylic acids is 1. The molecule has 21 heavy (non-hydrogen) atoms. The molecule has 0 atom stereocenters. The number of aryl methyl sites for hydroxylation is 1. The highest BCUT2D eigenvalue weighted by Crippen LogP contribution is 2.35. The first-order valence-electron chi connectivity index (χ1n) is 6.20. The monoisotopic (exact) mass is 286 g/mol. The van der Waals surface area contributed by atoms with Gasteiger partial charge < -0.3 is 9.84 Å². The second-order valence-electron chi connectivity index (χ2n) is 4.46. The Morgan fingerprint density at radius 2 is 2.00 bits per heavy atom. The van der Waals surface area contributed by atoms with Crippen molar-refractivity contribution in [2.75, 3.05) is 7.11 Å². The van der Waals surface area contributed by atoms with E-state index in [0.717, 1.165) is 0 Å². The van der Waals surface area contributed by atoms with Crippen molar-refractivity contribution in [2.45, 2.75) is 13.8 Å². The van der Waals surface area contributed by atoms with E-state index in [-0.39, 0.29) is 17.0 Å². The van der Waals surface area contributed by atoms with Crippen LogP contribution in [0.1, 0.15) is 33.5 Å². The zero-order chi connectivity index (χ0) is 15.6. The molecule has 0 bridgehead atoms. The van der Waals surface area contributed by atoms with Crippen molar-refractivity contribution in [1.29, 1.82) is 0 Å². The van der Waals surface area contributed by atoms with Gasteiger partial charge in [0.1, 0.15) is 11.4 Å². The maximum absolute atomic E-state index is 11.4. The number of ketones is 1. The van der Waals surface area contributed by atoms with E-state index in [1.54, 1.807) is 19.1 Å². The van der Waals surface area contributed by atoms with Gasteiger partial charge in [-0.2, -0.15) is 0 Å². The molecule has 108 valence electrons. The summed E-state index contributed by atoms with van der Waals surface area (Å²) < 4.78 is 5.29. The number of hydrogen-bond acceptors (Lipinski definition) is 5. The van der Waals surface area contributed by atoms with Crippen LogP contribution >= 0.6 is 0 Å². The Balaban J connectivity index is 2.77. The number of Topliss-reactive ketones (excluding diaryl/α,β-unsaturated/α-hetero) is 1. The number of methoxy groups -OCH3 is 1. The quantitative estimate of drug-likeness (QED) is 0.868. The third kappa shape index (κ3) is 2.74. The van der Waals surface area contributed by atoms with Crippen LogP contribution in [0, 0.1) is 6.92 Å². The van der Waals surface area contributed by atoms with Crippen LogP contribution < -0.4 is 4.74 Å². The van der Waals surface area contributed by atoms with Crippen LogP contribution in [0.4, 0.5) is 0 Å². The number of nitrogens with zero attached hydrogens (tertiary/aromatic N) is 2. The minimum Gasteiger partial charge on any atom is -0.494 e. The standard InChI is InChI=1S/C15H14N2O4/c1-8-14(21-3)13(11(7-17-8)15(19)20)10-4-5-16-12(6-10)9(2)18/h4-7H,1-3H3,(H,19,20). The molecule has 0 unspecified atom stereocenters. The van der Waals surface area contributed by atoms with Gasteiger partial charge in [0, 0.05) is 24.9 Å². The summed E-state index contributed by atoms with van der Waals surface area (Å²) >= 11 is 0. The van der Waals surface area contributed by atoms with Crippen LogP contribution in [0.25, 0.3) is 11.1 Å². The fraction of sp³-hybridized carbons (Fsp3) is 0.200. The first-order chi connectivity index (χ1) is 9.95. The Hall–Kier alpha value is -2.76. The smallest absolute Gasteiger partial charge is 0.338 e.